The van der Waals surface area contributed by atoms with E-state index in [1.54, 1.807) is 29.2 Å². The van der Waals surface area contributed by atoms with Crippen molar-refractivity contribution in [3.05, 3.63) is 65.7 Å². The summed E-state index contributed by atoms with van der Waals surface area (Å²) < 4.78 is 54.5. The maximum absolute atomic E-state index is 13.6. The van der Waals surface area contributed by atoms with Crippen molar-refractivity contribution in [3.63, 3.8) is 0 Å². The molecular weight excluding hydrogens is 478 g/mol. The first-order valence-corrected chi connectivity index (χ1v) is 11.9. The number of urea groups is 1. The Balaban J connectivity index is 1.32. The lowest BCUT2D eigenvalue weighted by Crippen LogP contribution is -2.66. The summed E-state index contributed by atoms with van der Waals surface area (Å²) in [5, 5.41) is 15.9. The number of amides is 2. The summed E-state index contributed by atoms with van der Waals surface area (Å²) in [6.45, 7) is 1.04. The summed E-state index contributed by atoms with van der Waals surface area (Å²) in [4.78, 5) is 18.2. The Kier molecular flexibility index (Phi) is 6.27. The van der Waals surface area contributed by atoms with Crippen LogP contribution in [0.5, 0.6) is 0 Å². The van der Waals surface area contributed by atoms with E-state index in [0.29, 0.717) is 38.3 Å². The third-order valence-corrected chi connectivity index (χ3v) is 7.15. The number of aliphatic hydroxyl groups excluding tert-OH is 1. The highest BCUT2D eigenvalue weighted by Gasteiger charge is 2.47. The lowest BCUT2D eigenvalue weighted by Gasteiger charge is -2.51. The Morgan fingerprint density at radius 3 is 2.44 bits per heavy atom. The number of nitrogens with one attached hydrogen (secondary N) is 2. The Labute approximate surface area is 205 Å². The number of alkyl halides is 3. The van der Waals surface area contributed by atoms with E-state index in [1.165, 1.54) is 22.6 Å². The SMILES string of the molecule is O=C(NC1CCC(O)CC1)N1CC(CNc2cccc3nc(C(F)(F)F)cn23)(c2ccc(F)cc2)C1. The zero-order valence-corrected chi connectivity index (χ0v) is 19.4. The van der Waals surface area contributed by atoms with Crippen LogP contribution in [-0.2, 0) is 11.6 Å². The first-order chi connectivity index (χ1) is 17.1. The van der Waals surface area contributed by atoms with Gasteiger partial charge in [0.2, 0.25) is 0 Å². The van der Waals surface area contributed by atoms with Gasteiger partial charge in [-0.05, 0) is 55.5 Å². The molecule has 0 unspecified atom stereocenters. The molecule has 7 nitrogen and oxygen atoms in total. The van der Waals surface area contributed by atoms with Gasteiger partial charge < -0.3 is 20.6 Å². The summed E-state index contributed by atoms with van der Waals surface area (Å²) >= 11 is 0. The number of likely N-dealkylation sites (tertiary alicyclic amines) is 1. The van der Waals surface area contributed by atoms with E-state index >= 15 is 0 Å². The number of imidazole rings is 1. The second-order valence-electron chi connectivity index (χ2n) is 9.71. The topological polar surface area (TPSA) is 81.9 Å². The molecule has 1 aromatic carbocycles. The van der Waals surface area contributed by atoms with Gasteiger partial charge in [-0.2, -0.15) is 13.2 Å². The third-order valence-electron chi connectivity index (χ3n) is 7.15. The molecule has 3 aromatic rings. The molecule has 2 aliphatic rings. The highest BCUT2D eigenvalue weighted by Crippen LogP contribution is 2.36. The van der Waals surface area contributed by atoms with Crippen molar-refractivity contribution in [2.75, 3.05) is 25.0 Å². The number of aliphatic hydroxyl groups is 1. The van der Waals surface area contributed by atoms with E-state index in [9.17, 15) is 27.5 Å². The number of anilines is 1. The number of carbonyl (C=O) groups is 1. The Morgan fingerprint density at radius 2 is 1.78 bits per heavy atom. The average Bonchev–Trinajstić information content (AvgIpc) is 3.27. The van der Waals surface area contributed by atoms with E-state index < -0.39 is 17.3 Å². The van der Waals surface area contributed by atoms with E-state index in [-0.39, 0.29) is 29.6 Å². The molecule has 2 amide bonds. The van der Waals surface area contributed by atoms with Crippen LogP contribution < -0.4 is 10.6 Å². The number of fused-ring (bicyclic) bond motifs is 1. The number of benzene rings is 1. The van der Waals surface area contributed by atoms with E-state index in [0.717, 1.165) is 24.6 Å². The van der Waals surface area contributed by atoms with Crippen LogP contribution in [0.4, 0.5) is 28.2 Å². The molecule has 192 valence electrons. The molecule has 0 spiro atoms. The lowest BCUT2D eigenvalue weighted by atomic mass is 9.73. The Bertz CT molecular complexity index is 1230. The number of nitrogens with zero attached hydrogens (tertiary/aromatic N) is 3. The van der Waals surface area contributed by atoms with Crippen molar-refractivity contribution in [1.82, 2.24) is 19.6 Å². The predicted molar refractivity (Wildman–Crippen MR) is 125 cm³/mol. The molecule has 1 saturated carbocycles. The van der Waals surface area contributed by atoms with Crippen molar-refractivity contribution in [2.24, 2.45) is 0 Å². The third kappa shape index (κ3) is 4.84. The number of rotatable bonds is 5. The van der Waals surface area contributed by atoms with Crippen LogP contribution in [0, 0.1) is 5.82 Å². The fourth-order valence-electron chi connectivity index (χ4n) is 5.07. The van der Waals surface area contributed by atoms with Crippen LogP contribution in [0.2, 0.25) is 0 Å². The van der Waals surface area contributed by atoms with Crippen molar-refractivity contribution < 1.29 is 27.5 Å². The minimum absolute atomic E-state index is 0.0153. The average molecular weight is 506 g/mol. The quantitative estimate of drug-likeness (QED) is 0.455. The van der Waals surface area contributed by atoms with Crippen LogP contribution in [0.3, 0.4) is 0 Å². The predicted octanol–water partition coefficient (Wildman–Crippen LogP) is 4.17. The minimum atomic E-state index is -4.56. The molecule has 0 radical (unpaired) electrons. The molecule has 2 aromatic heterocycles. The molecule has 11 heteroatoms. The largest absolute Gasteiger partial charge is 0.434 e. The van der Waals surface area contributed by atoms with Gasteiger partial charge in [-0.15, -0.1) is 0 Å². The van der Waals surface area contributed by atoms with Crippen molar-refractivity contribution in [2.45, 2.75) is 49.4 Å². The second kappa shape index (κ2) is 9.27. The van der Waals surface area contributed by atoms with Gasteiger partial charge in [0.05, 0.1) is 6.10 Å². The summed E-state index contributed by atoms with van der Waals surface area (Å²) in [6.07, 6.45) is -1.16. The van der Waals surface area contributed by atoms with Gasteiger partial charge in [-0.3, -0.25) is 4.40 Å². The second-order valence-corrected chi connectivity index (χ2v) is 9.71. The number of pyridine rings is 1. The monoisotopic (exact) mass is 505 g/mol. The maximum atomic E-state index is 13.6. The van der Waals surface area contributed by atoms with E-state index in [4.69, 9.17) is 0 Å². The number of carbonyl (C=O) groups excluding carboxylic acids is 1. The molecule has 5 rings (SSSR count). The number of halogens is 4. The summed E-state index contributed by atoms with van der Waals surface area (Å²) in [7, 11) is 0. The van der Waals surface area contributed by atoms with Crippen LogP contribution in [0.15, 0.2) is 48.7 Å². The van der Waals surface area contributed by atoms with Crippen molar-refractivity contribution in [3.8, 4) is 0 Å². The molecule has 3 heterocycles. The molecule has 3 N–H and O–H groups in total. The molecule has 1 saturated heterocycles. The Morgan fingerprint density at radius 1 is 1.08 bits per heavy atom. The van der Waals surface area contributed by atoms with Crippen molar-refractivity contribution in [1.29, 1.82) is 0 Å². The fraction of sp³-hybridized carbons (Fsp3) is 0.440. The minimum Gasteiger partial charge on any atom is -0.393 e. The normalized spacial score (nSPS) is 21.8. The van der Waals surface area contributed by atoms with E-state index in [1.807, 2.05) is 0 Å². The smallest absolute Gasteiger partial charge is 0.393 e. The van der Waals surface area contributed by atoms with Gasteiger partial charge in [0.15, 0.2) is 5.69 Å². The van der Waals surface area contributed by atoms with Crippen LogP contribution in [0.1, 0.15) is 36.9 Å². The zero-order valence-electron chi connectivity index (χ0n) is 19.4. The molecule has 2 fully saturated rings. The van der Waals surface area contributed by atoms with Gasteiger partial charge in [0.25, 0.3) is 0 Å². The molecule has 36 heavy (non-hydrogen) atoms. The molecular formula is C25H27F4N5O2. The molecule has 1 aliphatic heterocycles. The van der Waals surface area contributed by atoms with Crippen LogP contribution in [0.25, 0.3) is 5.65 Å². The first kappa shape index (κ1) is 24.4. The van der Waals surface area contributed by atoms with Crippen LogP contribution >= 0.6 is 0 Å². The van der Waals surface area contributed by atoms with Crippen LogP contribution in [-0.4, -0.2) is 57.2 Å². The maximum Gasteiger partial charge on any atom is 0.434 e. The molecule has 1 aliphatic carbocycles. The Hall–Kier alpha value is -3.34. The fourth-order valence-corrected chi connectivity index (χ4v) is 5.07. The zero-order chi connectivity index (χ0) is 25.5. The first-order valence-electron chi connectivity index (χ1n) is 11.9. The summed E-state index contributed by atoms with van der Waals surface area (Å²) in [5.41, 5.74) is -0.541. The van der Waals surface area contributed by atoms with E-state index in [2.05, 4.69) is 15.6 Å². The molecule has 0 atom stereocenters. The molecule has 0 bridgehead atoms. The highest BCUT2D eigenvalue weighted by atomic mass is 19.4. The van der Waals surface area contributed by atoms with Gasteiger partial charge in [-0.25, -0.2) is 14.2 Å². The van der Waals surface area contributed by atoms with Gasteiger partial charge in [0.1, 0.15) is 17.3 Å². The van der Waals surface area contributed by atoms with Gasteiger partial charge >= 0.3 is 12.2 Å². The lowest BCUT2D eigenvalue weighted by molar-refractivity contribution is -0.140. The standard InChI is InChI=1S/C25H27F4N5O2/c26-17-6-4-16(5-7-17)24(14-33(15-24)23(36)31-18-8-10-19(35)11-9-18)13-30-21-2-1-3-22-32-20(12-34(21)22)25(27,28)29/h1-7,12,18-19,30,35H,8-11,13-15H2,(H,31,36). The van der Waals surface area contributed by atoms with Crippen molar-refractivity contribution >= 4 is 17.5 Å². The van der Waals surface area contributed by atoms with Gasteiger partial charge in [0, 0.05) is 37.3 Å². The van der Waals surface area contributed by atoms with Gasteiger partial charge in [-0.1, -0.05) is 18.2 Å². The highest BCUT2D eigenvalue weighted by molar-refractivity contribution is 5.76. The summed E-state index contributed by atoms with van der Waals surface area (Å²) in [6, 6.07) is 10.7. The number of aromatic nitrogens is 2. The number of hydrogen-bond donors (Lipinski definition) is 3. The summed E-state index contributed by atoms with van der Waals surface area (Å²) in [5.74, 6) is 0.0544. The number of hydrogen-bond acceptors (Lipinski definition) is 4.